The van der Waals surface area contributed by atoms with E-state index in [0.29, 0.717) is 13.3 Å². The van der Waals surface area contributed by atoms with Crippen LogP contribution in [0.25, 0.3) is 0 Å². The molecule has 0 amide bonds. The van der Waals surface area contributed by atoms with Gasteiger partial charge in [0.05, 0.1) is 0 Å². The van der Waals surface area contributed by atoms with Gasteiger partial charge >= 0.3 is 0 Å². The van der Waals surface area contributed by atoms with Crippen LogP contribution in [0.1, 0.15) is 24.8 Å². The number of nitrogens with two attached hydrogens (primary N) is 1. The van der Waals surface area contributed by atoms with E-state index >= 15 is 0 Å². The zero-order chi connectivity index (χ0) is 13.3. The third-order valence-electron chi connectivity index (χ3n) is 4.54. The van der Waals surface area contributed by atoms with Gasteiger partial charge in [-0.3, -0.25) is 0 Å². The number of likely N-dealkylation sites (tertiary alicyclic amines) is 1. The minimum atomic E-state index is 0.0890. The zero-order valence-electron chi connectivity index (χ0n) is 11.5. The fraction of sp³-hybridized carbons (Fsp3) is 0.600. The maximum atomic E-state index is 6.14. The molecule has 1 atom stereocenters. The Morgan fingerprint density at radius 1 is 1.21 bits per heavy atom. The second-order valence-electron chi connectivity index (χ2n) is 5.71. The molecule has 19 heavy (non-hydrogen) atoms. The molecule has 1 unspecified atom stereocenters. The zero-order valence-corrected chi connectivity index (χ0v) is 11.5. The van der Waals surface area contributed by atoms with Crippen molar-refractivity contribution in [2.45, 2.75) is 24.7 Å². The lowest BCUT2D eigenvalue weighted by Crippen LogP contribution is -2.36. The molecule has 3 rings (SSSR count). The molecule has 0 spiro atoms. The highest BCUT2D eigenvalue weighted by Crippen LogP contribution is 2.40. The lowest BCUT2D eigenvalue weighted by Gasteiger charge is -2.32. The van der Waals surface area contributed by atoms with Crippen LogP contribution in [0.5, 0.6) is 11.5 Å². The van der Waals surface area contributed by atoms with Crippen molar-refractivity contribution >= 4 is 0 Å². The van der Waals surface area contributed by atoms with E-state index in [0.717, 1.165) is 37.4 Å². The first kappa shape index (κ1) is 12.8. The van der Waals surface area contributed by atoms with Crippen LogP contribution in [-0.2, 0) is 5.41 Å². The first-order valence-electron chi connectivity index (χ1n) is 7.02. The van der Waals surface area contributed by atoms with Crippen LogP contribution in [0.2, 0.25) is 0 Å². The second kappa shape index (κ2) is 5.02. The molecule has 0 saturated carbocycles. The van der Waals surface area contributed by atoms with Crippen LogP contribution >= 0.6 is 0 Å². The molecular formula is C15H22N2O2. The van der Waals surface area contributed by atoms with Gasteiger partial charge in [-0.25, -0.2) is 0 Å². The molecule has 1 aromatic carbocycles. The Balaban J connectivity index is 1.92. The van der Waals surface area contributed by atoms with Crippen molar-refractivity contribution in [3.63, 3.8) is 0 Å². The van der Waals surface area contributed by atoms with Crippen molar-refractivity contribution in [1.29, 1.82) is 0 Å². The van der Waals surface area contributed by atoms with Crippen molar-refractivity contribution < 1.29 is 9.47 Å². The molecule has 0 aliphatic carbocycles. The summed E-state index contributed by atoms with van der Waals surface area (Å²) in [6.07, 6.45) is 3.45. The van der Waals surface area contributed by atoms with E-state index in [1.165, 1.54) is 12.0 Å². The fourth-order valence-electron chi connectivity index (χ4n) is 3.17. The molecule has 1 saturated heterocycles. The maximum Gasteiger partial charge on any atom is 0.231 e. The summed E-state index contributed by atoms with van der Waals surface area (Å²) in [6, 6.07) is 6.30. The van der Waals surface area contributed by atoms with E-state index in [4.69, 9.17) is 15.2 Å². The van der Waals surface area contributed by atoms with Gasteiger partial charge in [0.1, 0.15) is 0 Å². The molecule has 4 heteroatoms. The Morgan fingerprint density at radius 3 is 2.89 bits per heavy atom. The maximum absolute atomic E-state index is 6.14. The van der Waals surface area contributed by atoms with Gasteiger partial charge < -0.3 is 20.1 Å². The quantitative estimate of drug-likeness (QED) is 0.881. The third kappa shape index (κ3) is 2.30. The number of ether oxygens (including phenoxy) is 2. The number of hydrogen-bond acceptors (Lipinski definition) is 4. The van der Waals surface area contributed by atoms with Gasteiger partial charge in [-0.1, -0.05) is 6.07 Å². The van der Waals surface area contributed by atoms with Crippen molar-refractivity contribution in [2.24, 2.45) is 5.73 Å². The minimum Gasteiger partial charge on any atom is -0.454 e. The highest BCUT2D eigenvalue weighted by molar-refractivity contribution is 5.46. The van der Waals surface area contributed by atoms with Crippen LogP contribution in [-0.4, -0.2) is 38.4 Å². The monoisotopic (exact) mass is 262 g/mol. The summed E-state index contributed by atoms with van der Waals surface area (Å²) in [5, 5.41) is 0. The summed E-state index contributed by atoms with van der Waals surface area (Å²) in [5.41, 5.74) is 7.53. The number of nitrogens with zero attached hydrogens (tertiary/aromatic N) is 1. The number of rotatable bonds is 2. The predicted octanol–water partition coefficient (Wildman–Crippen LogP) is 1.73. The smallest absolute Gasteiger partial charge is 0.231 e. The summed E-state index contributed by atoms with van der Waals surface area (Å²) in [4.78, 5) is 2.39. The Kier molecular flexibility index (Phi) is 3.37. The Labute approximate surface area is 114 Å². The van der Waals surface area contributed by atoms with E-state index in [2.05, 4.69) is 24.1 Å². The van der Waals surface area contributed by atoms with Crippen molar-refractivity contribution in [3.8, 4) is 11.5 Å². The van der Waals surface area contributed by atoms with E-state index in [1.807, 2.05) is 6.07 Å². The lowest BCUT2D eigenvalue weighted by atomic mass is 9.74. The minimum absolute atomic E-state index is 0.0890. The Morgan fingerprint density at radius 2 is 2.05 bits per heavy atom. The van der Waals surface area contributed by atoms with E-state index in [1.54, 1.807) is 0 Å². The van der Waals surface area contributed by atoms with Gasteiger partial charge in [-0.2, -0.15) is 0 Å². The van der Waals surface area contributed by atoms with Gasteiger partial charge in [0.25, 0.3) is 0 Å². The van der Waals surface area contributed by atoms with Gasteiger partial charge in [-0.15, -0.1) is 0 Å². The molecule has 0 aromatic heterocycles. The summed E-state index contributed by atoms with van der Waals surface area (Å²) < 4.78 is 10.9. The fourth-order valence-corrected chi connectivity index (χ4v) is 3.17. The molecule has 2 N–H and O–H groups in total. The molecule has 2 aliphatic heterocycles. The highest BCUT2D eigenvalue weighted by atomic mass is 16.7. The molecular weight excluding hydrogens is 240 g/mol. The van der Waals surface area contributed by atoms with Gasteiger partial charge in [0, 0.05) is 12.0 Å². The first-order chi connectivity index (χ1) is 9.23. The standard InChI is InChI=1S/C15H22N2O2/c1-17-7-2-5-15(10-16,6-8-17)12-3-4-13-14(9-12)19-11-18-13/h3-4,9H,2,5-8,10-11,16H2,1H3. The molecule has 2 aliphatic rings. The molecule has 104 valence electrons. The lowest BCUT2D eigenvalue weighted by molar-refractivity contribution is 0.174. The van der Waals surface area contributed by atoms with E-state index in [-0.39, 0.29) is 5.41 Å². The molecule has 1 aromatic rings. The van der Waals surface area contributed by atoms with E-state index < -0.39 is 0 Å². The normalized spacial score (nSPS) is 27.3. The third-order valence-corrected chi connectivity index (χ3v) is 4.54. The average molecular weight is 262 g/mol. The Bertz CT molecular complexity index is 463. The van der Waals surface area contributed by atoms with Crippen LogP contribution in [0.3, 0.4) is 0 Å². The second-order valence-corrected chi connectivity index (χ2v) is 5.71. The summed E-state index contributed by atoms with van der Waals surface area (Å²) >= 11 is 0. The van der Waals surface area contributed by atoms with Crippen LogP contribution in [0.15, 0.2) is 18.2 Å². The highest BCUT2D eigenvalue weighted by Gasteiger charge is 2.33. The largest absolute Gasteiger partial charge is 0.454 e. The number of fused-ring (bicyclic) bond motifs is 1. The average Bonchev–Trinajstić information content (AvgIpc) is 2.81. The van der Waals surface area contributed by atoms with Crippen molar-refractivity contribution in [2.75, 3.05) is 33.5 Å². The summed E-state index contributed by atoms with van der Waals surface area (Å²) in [6.45, 7) is 3.29. The van der Waals surface area contributed by atoms with Gasteiger partial charge in [-0.05, 0) is 57.1 Å². The van der Waals surface area contributed by atoms with Crippen LogP contribution in [0.4, 0.5) is 0 Å². The van der Waals surface area contributed by atoms with Crippen LogP contribution in [0, 0.1) is 0 Å². The van der Waals surface area contributed by atoms with Gasteiger partial charge in [0.2, 0.25) is 6.79 Å². The molecule has 2 heterocycles. The van der Waals surface area contributed by atoms with Crippen molar-refractivity contribution in [3.05, 3.63) is 23.8 Å². The summed E-state index contributed by atoms with van der Waals surface area (Å²) in [5.74, 6) is 1.71. The molecule has 1 fully saturated rings. The number of benzene rings is 1. The molecule has 0 radical (unpaired) electrons. The van der Waals surface area contributed by atoms with Crippen molar-refractivity contribution in [1.82, 2.24) is 4.90 Å². The molecule has 4 nitrogen and oxygen atoms in total. The first-order valence-corrected chi connectivity index (χ1v) is 7.02. The van der Waals surface area contributed by atoms with E-state index in [9.17, 15) is 0 Å². The summed E-state index contributed by atoms with van der Waals surface area (Å²) in [7, 11) is 2.19. The van der Waals surface area contributed by atoms with Gasteiger partial charge in [0.15, 0.2) is 11.5 Å². The Hall–Kier alpha value is -1.26. The topological polar surface area (TPSA) is 47.7 Å². The predicted molar refractivity (Wildman–Crippen MR) is 74.6 cm³/mol. The SMILES string of the molecule is CN1CCCC(CN)(c2ccc3c(c2)OCO3)CC1. The van der Waals surface area contributed by atoms with Crippen LogP contribution < -0.4 is 15.2 Å². The molecule has 0 bridgehead atoms. The number of hydrogen-bond donors (Lipinski definition) is 1.